The minimum absolute atomic E-state index is 0.0176. The Balaban J connectivity index is 1.79. The van der Waals surface area contributed by atoms with E-state index in [-0.39, 0.29) is 18.1 Å². The molecule has 0 radical (unpaired) electrons. The lowest BCUT2D eigenvalue weighted by molar-refractivity contribution is -0.130. The molecule has 3 unspecified atom stereocenters. The maximum Gasteiger partial charge on any atom is 0.241 e. The van der Waals surface area contributed by atoms with Crippen LogP contribution < -0.4 is 5.32 Å². The van der Waals surface area contributed by atoms with Gasteiger partial charge in [-0.15, -0.1) is 0 Å². The molecule has 1 aliphatic heterocycles. The van der Waals surface area contributed by atoms with Crippen LogP contribution in [0.25, 0.3) is 0 Å². The minimum Gasteiger partial charge on any atom is -0.321 e. The Bertz CT molecular complexity index is 498. The zero-order chi connectivity index (χ0) is 14.3. The molecular formula is C16H21ClN2O. The molecule has 1 aromatic rings. The first kappa shape index (κ1) is 13.9. The number of hydrogen-bond acceptors (Lipinski definition) is 2. The number of benzene rings is 1. The molecule has 1 saturated carbocycles. The van der Waals surface area contributed by atoms with Crippen molar-refractivity contribution in [2.75, 3.05) is 6.54 Å². The lowest BCUT2D eigenvalue weighted by Gasteiger charge is -2.27. The molecule has 1 heterocycles. The first-order valence-electron chi connectivity index (χ1n) is 7.38. The molecule has 3 atom stereocenters. The van der Waals surface area contributed by atoms with E-state index in [1.807, 2.05) is 36.1 Å². The van der Waals surface area contributed by atoms with E-state index in [0.29, 0.717) is 5.92 Å². The fourth-order valence-corrected chi connectivity index (χ4v) is 3.14. The highest BCUT2D eigenvalue weighted by molar-refractivity contribution is 6.30. The first-order valence-corrected chi connectivity index (χ1v) is 7.76. The third-order valence-electron chi connectivity index (χ3n) is 4.47. The van der Waals surface area contributed by atoms with Gasteiger partial charge in [-0.1, -0.05) is 30.7 Å². The van der Waals surface area contributed by atoms with E-state index in [1.54, 1.807) is 0 Å². The maximum atomic E-state index is 12.4. The van der Waals surface area contributed by atoms with Crippen molar-refractivity contribution in [3.63, 3.8) is 0 Å². The van der Waals surface area contributed by atoms with Gasteiger partial charge in [0.1, 0.15) is 6.17 Å². The summed E-state index contributed by atoms with van der Waals surface area (Å²) in [6.45, 7) is 5.04. The SMILES string of the molecule is CC1NC(c2ccc(Cl)cc2)N(CC(C)C2CC2)C1=O. The molecule has 1 saturated heterocycles. The smallest absolute Gasteiger partial charge is 0.241 e. The second-order valence-corrected chi connectivity index (χ2v) is 6.58. The van der Waals surface area contributed by atoms with Gasteiger partial charge in [-0.3, -0.25) is 10.1 Å². The van der Waals surface area contributed by atoms with Gasteiger partial charge in [-0.2, -0.15) is 0 Å². The monoisotopic (exact) mass is 292 g/mol. The van der Waals surface area contributed by atoms with Gasteiger partial charge in [0.05, 0.1) is 6.04 Å². The molecule has 0 spiro atoms. The predicted octanol–water partition coefficient (Wildman–Crippen LogP) is 3.21. The Kier molecular flexibility index (Phi) is 3.74. The molecule has 3 rings (SSSR count). The summed E-state index contributed by atoms with van der Waals surface area (Å²) in [6.07, 6.45) is 2.62. The van der Waals surface area contributed by atoms with Crippen LogP contribution in [0, 0.1) is 11.8 Å². The third-order valence-corrected chi connectivity index (χ3v) is 4.72. The zero-order valence-corrected chi connectivity index (χ0v) is 12.7. The van der Waals surface area contributed by atoms with Crippen LogP contribution in [-0.4, -0.2) is 23.4 Å². The summed E-state index contributed by atoms with van der Waals surface area (Å²) in [7, 11) is 0. The van der Waals surface area contributed by atoms with Crippen molar-refractivity contribution in [1.82, 2.24) is 10.2 Å². The number of nitrogens with zero attached hydrogens (tertiary/aromatic N) is 1. The molecule has 2 fully saturated rings. The van der Waals surface area contributed by atoms with E-state index in [1.165, 1.54) is 12.8 Å². The lowest BCUT2D eigenvalue weighted by Crippen LogP contribution is -2.35. The molecule has 4 heteroatoms. The van der Waals surface area contributed by atoms with Gasteiger partial charge in [-0.05, 0) is 49.3 Å². The lowest BCUT2D eigenvalue weighted by atomic mass is 10.0. The molecule has 1 amide bonds. The van der Waals surface area contributed by atoms with Crippen molar-refractivity contribution in [2.24, 2.45) is 11.8 Å². The third kappa shape index (κ3) is 2.70. The molecule has 1 aliphatic carbocycles. The molecule has 20 heavy (non-hydrogen) atoms. The van der Waals surface area contributed by atoms with E-state index in [2.05, 4.69) is 12.2 Å². The van der Waals surface area contributed by atoms with Gasteiger partial charge < -0.3 is 4.90 Å². The maximum absolute atomic E-state index is 12.4. The molecule has 108 valence electrons. The van der Waals surface area contributed by atoms with Crippen molar-refractivity contribution in [2.45, 2.75) is 38.9 Å². The molecule has 0 aromatic heterocycles. The van der Waals surface area contributed by atoms with Crippen LogP contribution in [-0.2, 0) is 4.79 Å². The van der Waals surface area contributed by atoms with Crippen LogP contribution in [0.5, 0.6) is 0 Å². The van der Waals surface area contributed by atoms with Crippen LogP contribution in [0.4, 0.5) is 0 Å². The predicted molar refractivity (Wildman–Crippen MR) is 80.4 cm³/mol. The van der Waals surface area contributed by atoms with Crippen LogP contribution in [0.1, 0.15) is 38.4 Å². The van der Waals surface area contributed by atoms with Crippen molar-refractivity contribution >= 4 is 17.5 Å². The number of rotatable bonds is 4. The molecule has 1 N–H and O–H groups in total. The number of hydrogen-bond donors (Lipinski definition) is 1. The molecule has 0 bridgehead atoms. The van der Waals surface area contributed by atoms with E-state index < -0.39 is 0 Å². The fourth-order valence-electron chi connectivity index (χ4n) is 3.02. The van der Waals surface area contributed by atoms with E-state index in [9.17, 15) is 4.79 Å². The Morgan fingerprint density at radius 3 is 2.60 bits per heavy atom. The van der Waals surface area contributed by atoms with Crippen LogP contribution in [0.15, 0.2) is 24.3 Å². The Morgan fingerprint density at radius 2 is 2.00 bits per heavy atom. The van der Waals surface area contributed by atoms with E-state index >= 15 is 0 Å². The summed E-state index contributed by atoms with van der Waals surface area (Å²) in [5, 5.41) is 4.11. The Labute approximate surface area is 125 Å². The summed E-state index contributed by atoms with van der Waals surface area (Å²) in [5.74, 6) is 1.60. The summed E-state index contributed by atoms with van der Waals surface area (Å²) in [5.41, 5.74) is 1.11. The van der Waals surface area contributed by atoms with Crippen molar-refractivity contribution < 1.29 is 4.79 Å². The highest BCUT2D eigenvalue weighted by Gasteiger charge is 2.39. The molecule has 3 nitrogen and oxygen atoms in total. The van der Waals surface area contributed by atoms with E-state index in [0.717, 1.165) is 23.0 Å². The highest BCUT2D eigenvalue weighted by atomic mass is 35.5. The highest BCUT2D eigenvalue weighted by Crippen LogP contribution is 2.38. The summed E-state index contributed by atoms with van der Waals surface area (Å²) < 4.78 is 0. The van der Waals surface area contributed by atoms with Crippen molar-refractivity contribution in [3.8, 4) is 0 Å². The van der Waals surface area contributed by atoms with Crippen molar-refractivity contribution in [3.05, 3.63) is 34.9 Å². The first-order chi connectivity index (χ1) is 9.56. The summed E-state index contributed by atoms with van der Waals surface area (Å²) >= 11 is 5.95. The minimum atomic E-state index is -0.109. The van der Waals surface area contributed by atoms with Crippen LogP contribution >= 0.6 is 11.6 Å². The zero-order valence-electron chi connectivity index (χ0n) is 12.0. The second-order valence-electron chi connectivity index (χ2n) is 6.15. The summed E-state index contributed by atoms with van der Waals surface area (Å²) in [6, 6.07) is 7.66. The van der Waals surface area contributed by atoms with Gasteiger partial charge in [0.15, 0.2) is 0 Å². The number of amides is 1. The second kappa shape index (κ2) is 5.38. The van der Waals surface area contributed by atoms with Gasteiger partial charge in [0.2, 0.25) is 5.91 Å². The molecular weight excluding hydrogens is 272 g/mol. The number of carbonyl (C=O) groups excluding carboxylic acids is 1. The van der Waals surface area contributed by atoms with Gasteiger partial charge in [0, 0.05) is 11.6 Å². The normalized spacial score (nSPS) is 27.9. The largest absolute Gasteiger partial charge is 0.321 e. The van der Waals surface area contributed by atoms with E-state index in [4.69, 9.17) is 11.6 Å². The van der Waals surface area contributed by atoms with Crippen LogP contribution in [0.2, 0.25) is 5.02 Å². The number of nitrogens with one attached hydrogen (secondary N) is 1. The Hall–Kier alpha value is -1.06. The Morgan fingerprint density at radius 1 is 1.35 bits per heavy atom. The average molecular weight is 293 g/mol. The topological polar surface area (TPSA) is 32.3 Å². The quantitative estimate of drug-likeness (QED) is 0.924. The standard InChI is InChI=1S/C16H21ClN2O/c1-10(12-3-4-12)9-19-15(18-11(2)16(19)20)13-5-7-14(17)8-6-13/h5-8,10-12,15,18H,3-4,9H2,1-2H3. The van der Waals surface area contributed by atoms with Crippen molar-refractivity contribution in [1.29, 1.82) is 0 Å². The molecule has 1 aromatic carbocycles. The number of carbonyl (C=O) groups is 1. The molecule has 2 aliphatic rings. The average Bonchev–Trinajstić information content (AvgIpc) is 3.23. The van der Waals surface area contributed by atoms with Gasteiger partial charge >= 0.3 is 0 Å². The van der Waals surface area contributed by atoms with Gasteiger partial charge in [0.25, 0.3) is 0 Å². The number of halogens is 1. The summed E-state index contributed by atoms with van der Waals surface area (Å²) in [4.78, 5) is 14.4. The van der Waals surface area contributed by atoms with Gasteiger partial charge in [-0.25, -0.2) is 0 Å². The fraction of sp³-hybridized carbons (Fsp3) is 0.562. The van der Waals surface area contributed by atoms with Crippen LogP contribution in [0.3, 0.4) is 0 Å².